The fraction of sp³-hybridized carbons (Fsp3) is 0.929. The van der Waals surface area contributed by atoms with E-state index in [0.29, 0.717) is 11.7 Å². The molecule has 2 rings (SSSR count). The van der Waals surface area contributed by atoms with Gasteiger partial charge in [0.1, 0.15) is 5.78 Å². The molecule has 0 aromatic heterocycles. The Labute approximate surface area is 105 Å². The molecule has 0 aromatic rings. The number of hydrogen-bond acceptors (Lipinski definition) is 3. The number of Topliss-reactive ketones (excluding diaryl/α,β-unsaturated/α-hetero) is 1. The fourth-order valence-electron chi connectivity index (χ4n) is 3.19. The van der Waals surface area contributed by atoms with Gasteiger partial charge in [0.15, 0.2) is 0 Å². The Balaban J connectivity index is 1.66. The second-order valence-electron chi connectivity index (χ2n) is 5.88. The molecule has 1 aliphatic heterocycles. The van der Waals surface area contributed by atoms with Gasteiger partial charge in [0.05, 0.1) is 0 Å². The van der Waals surface area contributed by atoms with Crippen LogP contribution in [0.1, 0.15) is 38.5 Å². The number of piperidine rings is 1. The van der Waals surface area contributed by atoms with Gasteiger partial charge in [0.2, 0.25) is 0 Å². The van der Waals surface area contributed by atoms with Gasteiger partial charge in [-0.05, 0) is 65.8 Å². The normalized spacial score (nSPS) is 28.2. The van der Waals surface area contributed by atoms with Crippen molar-refractivity contribution in [2.45, 2.75) is 44.6 Å². The van der Waals surface area contributed by atoms with Gasteiger partial charge in [-0.1, -0.05) is 0 Å². The molecule has 2 fully saturated rings. The van der Waals surface area contributed by atoms with Gasteiger partial charge in [-0.2, -0.15) is 0 Å². The Morgan fingerprint density at radius 1 is 1.24 bits per heavy atom. The predicted octanol–water partition coefficient (Wildman–Crippen LogP) is 1.77. The van der Waals surface area contributed by atoms with Gasteiger partial charge in [-0.25, -0.2) is 0 Å². The molecule has 3 heteroatoms. The first kappa shape index (κ1) is 13.0. The van der Waals surface area contributed by atoms with Crippen LogP contribution in [0.15, 0.2) is 0 Å². The standard InChI is InChI=1S/C14H26N2O/c1-15(2)13-7-10-16(11-8-13)9-6-12-4-3-5-14(12)17/h12-13H,3-11H2,1-2H3. The van der Waals surface area contributed by atoms with Crippen molar-refractivity contribution in [1.82, 2.24) is 9.80 Å². The molecule has 0 spiro atoms. The minimum Gasteiger partial charge on any atom is -0.306 e. The summed E-state index contributed by atoms with van der Waals surface area (Å²) in [6.45, 7) is 3.56. The fourth-order valence-corrected chi connectivity index (χ4v) is 3.19. The molecule has 0 amide bonds. The zero-order valence-corrected chi connectivity index (χ0v) is 11.3. The van der Waals surface area contributed by atoms with Gasteiger partial charge in [-0.3, -0.25) is 4.79 Å². The number of hydrogen-bond donors (Lipinski definition) is 0. The average Bonchev–Trinajstić information content (AvgIpc) is 2.73. The van der Waals surface area contributed by atoms with Gasteiger partial charge in [0, 0.05) is 18.4 Å². The number of carbonyl (C=O) groups excluding carboxylic acids is 1. The van der Waals surface area contributed by atoms with Crippen LogP contribution in [0.4, 0.5) is 0 Å². The maximum atomic E-state index is 11.6. The lowest BCUT2D eigenvalue weighted by Crippen LogP contribution is -2.42. The molecule has 1 unspecified atom stereocenters. The van der Waals surface area contributed by atoms with Crippen LogP contribution in [-0.4, -0.2) is 55.4 Å². The van der Waals surface area contributed by atoms with Crippen molar-refractivity contribution in [3.8, 4) is 0 Å². The van der Waals surface area contributed by atoms with Crippen LogP contribution < -0.4 is 0 Å². The van der Waals surface area contributed by atoms with Gasteiger partial charge in [-0.15, -0.1) is 0 Å². The van der Waals surface area contributed by atoms with Crippen LogP contribution in [0, 0.1) is 5.92 Å². The summed E-state index contributed by atoms with van der Waals surface area (Å²) < 4.78 is 0. The van der Waals surface area contributed by atoms with Gasteiger partial charge >= 0.3 is 0 Å². The third-order valence-electron chi connectivity index (χ3n) is 4.51. The summed E-state index contributed by atoms with van der Waals surface area (Å²) in [5, 5.41) is 0. The Hall–Kier alpha value is -0.410. The molecular weight excluding hydrogens is 212 g/mol. The molecule has 0 aromatic carbocycles. The molecule has 1 saturated carbocycles. The summed E-state index contributed by atoms with van der Waals surface area (Å²) >= 11 is 0. The zero-order chi connectivity index (χ0) is 12.3. The number of likely N-dealkylation sites (tertiary alicyclic amines) is 1. The van der Waals surface area contributed by atoms with Gasteiger partial charge < -0.3 is 9.80 Å². The highest BCUT2D eigenvalue weighted by molar-refractivity contribution is 5.82. The monoisotopic (exact) mass is 238 g/mol. The number of carbonyl (C=O) groups is 1. The van der Waals surface area contributed by atoms with E-state index < -0.39 is 0 Å². The van der Waals surface area contributed by atoms with Crippen molar-refractivity contribution < 1.29 is 4.79 Å². The van der Waals surface area contributed by atoms with Crippen LogP contribution in [-0.2, 0) is 4.79 Å². The van der Waals surface area contributed by atoms with Crippen LogP contribution >= 0.6 is 0 Å². The summed E-state index contributed by atoms with van der Waals surface area (Å²) in [4.78, 5) is 16.5. The number of ketones is 1. The molecule has 3 nitrogen and oxygen atoms in total. The van der Waals surface area contributed by atoms with E-state index in [1.807, 2.05) is 0 Å². The van der Waals surface area contributed by atoms with E-state index in [1.54, 1.807) is 0 Å². The lowest BCUT2D eigenvalue weighted by Gasteiger charge is -2.35. The Bertz CT molecular complexity index is 257. The third-order valence-corrected chi connectivity index (χ3v) is 4.51. The van der Waals surface area contributed by atoms with E-state index in [-0.39, 0.29) is 0 Å². The quantitative estimate of drug-likeness (QED) is 0.746. The van der Waals surface area contributed by atoms with Gasteiger partial charge in [0.25, 0.3) is 0 Å². The van der Waals surface area contributed by atoms with Crippen molar-refractivity contribution in [1.29, 1.82) is 0 Å². The highest BCUT2D eigenvalue weighted by Gasteiger charge is 2.26. The minimum atomic E-state index is 0.390. The van der Waals surface area contributed by atoms with E-state index in [0.717, 1.165) is 38.3 Å². The lowest BCUT2D eigenvalue weighted by atomic mass is 10.0. The first-order chi connectivity index (χ1) is 8.16. The van der Waals surface area contributed by atoms with E-state index in [1.165, 1.54) is 25.9 Å². The van der Waals surface area contributed by atoms with Crippen molar-refractivity contribution in [3.63, 3.8) is 0 Å². The molecule has 0 N–H and O–H groups in total. The molecule has 0 bridgehead atoms. The smallest absolute Gasteiger partial charge is 0.136 e. The maximum absolute atomic E-state index is 11.6. The van der Waals surface area contributed by atoms with E-state index in [9.17, 15) is 4.79 Å². The molecule has 1 atom stereocenters. The Kier molecular flexibility index (Phi) is 4.57. The number of rotatable bonds is 4. The molecule has 1 aliphatic carbocycles. The third kappa shape index (κ3) is 3.52. The zero-order valence-electron chi connectivity index (χ0n) is 11.3. The van der Waals surface area contributed by atoms with E-state index in [4.69, 9.17) is 0 Å². The van der Waals surface area contributed by atoms with Crippen LogP contribution in [0.5, 0.6) is 0 Å². The van der Waals surface area contributed by atoms with Crippen LogP contribution in [0.2, 0.25) is 0 Å². The molecule has 1 saturated heterocycles. The SMILES string of the molecule is CN(C)C1CCN(CCC2CCCC2=O)CC1. The molecule has 17 heavy (non-hydrogen) atoms. The largest absolute Gasteiger partial charge is 0.306 e. The molecule has 1 heterocycles. The predicted molar refractivity (Wildman–Crippen MR) is 70.1 cm³/mol. The molecular formula is C14H26N2O. The molecule has 0 radical (unpaired) electrons. The van der Waals surface area contributed by atoms with E-state index in [2.05, 4.69) is 23.9 Å². The highest BCUT2D eigenvalue weighted by Crippen LogP contribution is 2.25. The van der Waals surface area contributed by atoms with E-state index >= 15 is 0 Å². The summed E-state index contributed by atoms with van der Waals surface area (Å²) in [6, 6.07) is 0.763. The second kappa shape index (κ2) is 5.96. The first-order valence-corrected chi connectivity index (χ1v) is 7.08. The molecule has 2 aliphatic rings. The molecule has 98 valence electrons. The highest BCUT2D eigenvalue weighted by atomic mass is 16.1. The summed E-state index contributed by atoms with van der Waals surface area (Å²) in [6.07, 6.45) is 6.79. The topological polar surface area (TPSA) is 23.6 Å². The Morgan fingerprint density at radius 3 is 2.47 bits per heavy atom. The number of nitrogens with zero attached hydrogens (tertiary/aromatic N) is 2. The average molecular weight is 238 g/mol. The minimum absolute atomic E-state index is 0.390. The van der Waals surface area contributed by atoms with Crippen LogP contribution in [0.3, 0.4) is 0 Å². The summed E-state index contributed by atoms with van der Waals surface area (Å²) in [7, 11) is 4.36. The second-order valence-corrected chi connectivity index (χ2v) is 5.88. The maximum Gasteiger partial charge on any atom is 0.136 e. The van der Waals surface area contributed by atoms with Crippen molar-refractivity contribution in [2.75, 3.05) is 33.7 Å². The summed E-state index contributed by atoms with van der Waals surface area (Å²) in [5.41, 5.74) is 0. The van der Waals surface area contributed by atoms with Crippen LogP contribution in [0.25, 0.3) is 0 Å². The van der Waals surface area contributed by atoms with Crippen molar-refractivity contribution >= 4 is 5.78 Å². The first-order valence-electron chi connectivity index (χ1n) is 7.08. The lowest BCUT2D eigenvalue weighted by molar-refractivity contribution is -0.120. The van der Waals surface area contributed by atoms with Crippen molar-refractivity contribution in [3.05, 3.63) is 0 Å². The Morgan fingerprint density at radius 2 is 1.94 bits per heavy atom. The summed E-state index contributed by atoms with van der Waals surface area (Å²) in [5.74, 6) is 0.912. The van der Waals surface area contributed by atoms with Crippen molar-refractivity contribution in [2.24, 2.45) is 5.92 Å².